The van der Waals surface area contributed by atoms with Crippen molar-refractivity contribution in [2.45, 2.75) is 45.2 Å². The van der Waals surface area contributed by atoms with Crippen LogP contribution in [0.3, 0.4) is 0 Å². The van der Waals surface area contributed by atoms with Gasteiger partial charge in [-0.1, -0.05) is 25.5 Å². The van der Waals surface area contributed by atoms with E-state index in [1.165, 1.54) is 31.4 Å². The van der Waals surface area contributed by atoms with Crippen molar-refractivity contribution < 1.29 is 4.74 Å². The molecule has 1 fully saturated rings. The largest absolute Gasteiger partial charge is 0.494 e. The number of hydrogen-bond acceptors (Lipinski definition) is 3. The van der Waals surface area contributed by atoms with Gasteiger partial charge in [-0.3, -0.25) is 4.90 Å². The van der Waals surface area contributed by atoms with Crippen LogP contribution in [-0.4, -0.2) is 30.6 Å². The number of rotatable bonds is 7. The molecule has 1 aromatic carbocycles. The third-order valence-electron chi connectivity index (χ3n) is 3.85. The predicted octanol–water partition coefficient (Wildman–Crippen LogP) is 2.79. The maximum atomic E-state index is 5.81. The highest BCUT2D eigenvalue weighted by molar-refractivity contribution is 5.27. The van der Waals surface area contributed by atoms with Gasteiger partial charge in [0.2, 0.25) is 0 Å². The molecule has 1 aliphatic rings. The molecule has 19 heavy (non-hydrogen) atoms. The molecule has 0 spiro atoms. The second-order valence-corrected chi connectivity index (χ2v) is 5.35. The topological polar surface area (TPSA) is 38.5 Å². The molecule has 0 amide bonds. The Kier molecular flexibility index (Phi) is 5.67. The van der Waals surface area contributed by atoms with Crippen LogP contribution >= 0.6 is 0 Å². The first-order valence-electron chi connectivity index (χ1n) is 7.49. The Morgan fingerprint density at radius 1 is 1.32 bits per heavy atom. The summed E-state index contributed by atoms with van der Waals surface area (Å²) in [6.45, 7) is 5.96. The zero-order valence-corrected chi connectivity index (χ0v) is 12.0. The third-order valence-corrected chi connectivity index (χ3v) is 3.85. The number of nitrogens with zero attached hydrogens (tertiary/aromatic N) is 1. The Hall–Kier alpha value is -1.06. The van der Waals surface area contributed by atoms with Crippen LogP contribution in [0.1, 0.15) is 38.2 Å². The first-order valence-corrected chi connectivity index (χ1v) is 7.49. The lowest BCUT2D eigenvalue weighted by Crippen LogP contribution is -2.34. The number of ether oxygens (including phenoxy) is 1. The van der Waals surface area contributed by atoms with Gasteiger partial charge in [0.1, 0.15) is 5.75 Å². The fourth-order valence-electron chi connectivity index (χ4n) is 2.63. The molecule has 3 heteroatoms. The first kappa shape index (κ1) is 14.4. The van der Waals surface area contributed by atoms with Crippen LogP contribution in [0, 0.1) is 0 Å². The van der Waals surface area contributed by atoms with E-state index in [1.54, 1.807) is 0 Å². The summed E-state index contributed by atoms with van der Waals surface area (Å²) < 4.78 is 5.68. The molecule has 3 nitrogen and oxygen atoms in total. The van der Waals surface area contributed by atoms with Crippen LogP contribution in [0.4, 0.5) is 0 Å². The Bertz CT molecular complexity index is 364. The molecule has 1 aliphatic heterocycles. The van der Waals surface area contributed by atoms with Crippen LogP contribution in [0.15, 0.2) is 24.3 Å². The summed E-state index contributed by atoms with van der Waals surface area (Å²) in [6.07, 6.45) is 4.82. The smallest absolute Gasteiger partial charge is 0.119 e. The molecule has 0 aliphatic carbocycles. The van der Waals surface area contributed by atoms with E-state index in [0.717, 1.165) is 31.9 Å². The molecule has 0 saturated carbocycles. The number of likely N-dealkylation sites (tertiary alicyclic amines) is 1. The van der Waals surface area contributed by atoms with Gasteiger partial charge in [-0.25, -0.2) is 0 Å². The van der Waals surface area contributed by atoms with Crippen LogP contribution in [0.25, 0.3) is 0 Å². The maximum absolute atomic E-state index is 5.81. The normalized spacial score (nSPS) is 19.8. The minimum absolute atomic E-state index is 0.570. The molecular formula is C16H26N2O. The van der Waals surface area contributed by atoms with E-state index in [4.69, 9.17) is 10.5 Å². The Morgan fingerprint density at radius 2 is 2.11 bits per heavy atom. The summed E-state index contributed by atoms with van der Waals surface area (Å²) in [7, 11) is 0. The van der Waals surface area contributed by atoms with E-state index < -0.39 is 0 Å². The predicted molar refractivity (Wildman–Crippen MR) is 79.3 cm³/mol. The quantitative estimate of drug-likeness (QED) is 0.768. The average molecular weight is 262 g/mol. The van der Waals surface area contributed by atoms with Gasteiger partial charge in [-0.2, -0.15) is 0 Å². The minimum Gasteiger partial charge on any atom is -0.494 e. The van der Waals surface area contributed by atoms with Crippen molar-refractivity contribution in [1.82, 2.24) is 4.90 Å². The summed E-state index contributed by atoms with van der Waals surface area (Å²) in [5.41, 5.74) is 7.16. The molecule has 1 heterocycles. The van der Waals surface area contributed by atoms with E-state index >= 15 is 0 Å². The van der Waals surface area contributed by atoms with Crippen molar-refractivity contribution in [3.63, 3.8) is 0 Å². The van der Waals surface area contributed by atoms with Gasteiger partial charge in [0.05, 0.1) is 6.61 Å². The fraction of sp³-hybridized carbons (Fsp3) is 0.625. The Balaban J connectivity index is 1.84. The standard InChI is InChI=1S/C16H26N2O/c1-2-3-11-19-16-8-6-14(7-9-16)13-18-10-4-5-15(18)12-17/h6-9,15H,2-5,10-13,17H2,1H3. The lowest BCUT2D eigenvalue weighted by Gasteiger charge is -2.23. The van der Waals surface area contributed by atoms with Crippen LogP contribution < -0.4 is 10.5 Å². The van der Waals surface area contributed by atoms with Gasteiger partial charge in [-0.15, -0.1) is 0 Å². The van der Waals surface area contributed by atoms with Crippen molar-refractivity contribution in [2.75, 3.05) is 19.7 Å². The molecule has 2 N–H and O–H groups in total. The monoisotopic (exact) mass is 262 g/mol. The highest BCUT2D eigenvalue weighted by Crippen LogP contribution is 2.20. The van der Waals surface area contributed by atoms with Crippen molar-refractivity contribution >= 4 is 0 Å². The number of nitrogens with two attached hydrogens (primary N) is 1. The fourth-order valence-corrected chi connectivity index (χ4v) is 2.63. The van der Waals surface area contributed by atoms with Gasteiger partial charge < -0.3 is 10.5 Å². The molecule has 1 saturated heterocycles. The van der Waals surface area contributed by atoms with Gasteiger partial charge in [0.15, 0.2) is 0 Å². The van der Waals surface area contributed by atoms with Gasteiger partial charge in [0, 0.05) is 19.1 Å². The van der Waals surface area contributed by atoms with E-state index in [0.29, 0.717) is 6.04 Å². The molecular weight excluding hydrogens is 236 g/mol. The van der Waals surface area contributed by atoms with Gasteiger partial charge in [0.25, 0.3) is 0 Å². The molecule has 0 radical (unpaired) electrons. The average Bonchev–Trinajstić information content (AvgIpc) is 2.88. The second kappa shape index (κ2) is 7.51. The summed E-state index contributed by atoms with van der Waals surface area (Å²) in [5.74, 6) is 0.981. The van der Waals surface area contributed by atoms with Gasteiger partial charge >= 0.3 is 0 Å². The van der Waals surface area contributed by atoms with E-state index in [2.05, 4.69) is 36.1 Å². The molecule has 0 aromatic heterocycles. The SMILES string of the molecule is CCCCOc1ccc(CN2CCCC2CN)cc1. The number of benzene rings is 1. The molecule has 2 rings (SSSR count). The zero-order valence-electron chi connectivity index (χ0n) is 12.0. The van der Waals surface area contributed by atoms with E-state index in [9.17, 15) is 0 Å². The number of hydrogen-bond donors (Lipinski definition) is 1. The van der Waals surface area contributed by atoms with Crippen molar-refractivity contribution in [3.8, 4) is 5.75 Å². The summed E-state index contributed by atoms with van der Waals surface area (Å²) in [6, 6.07) is 9.08. The van der Waals surface area contributed by atoms with E-state index in [-0.39, 0.29) is 0 Å². The lowest BCUT2D eigenvalue weighted by molar-refractivity contribution is 0.250. The second-order valence-electron chi connectivity index (χ2n) is 5.35. The van der Waals surface area contributed by atoms with Crippen molar-refractivity contribution in [2.24, 2.45) is 5.73 Å². The highest BCUT2D eigenvalue weighted by Gasteiger charge is 2.22. The Morgan fingerprint density at radius 3 is 2.79 bits per heavy atom. The Labute approximate surface area is 116 Å². The van der Waals surface area contributed by atoms with Crippen LogP contribution in [-0.2, 0) is 6.54 Å². The molecule has 106 valence electrons. The summed E-state index contributed by atoms with van der Waals surface area (Å²) in [5, 5.41) is 0. The molecule has 1 unspecified atom stereocenters. The maximum Gasteiger partial charge on any atom is 0.119 e. The van der Waals surface area contributed by atoms with Gasteiger partial charge in [-0.05, 0) is 43.5 Å². The summed E-state index contributed by atoms with van der Waals surface area (Å²) >= 11 is 0. The number of unbranched alkanes of at least 4 members (excludes halogenated alkanes) is 1. The van der Waals surface area contributed by atoms with Crippen LogP contribution in [0.2, 0.25) is 0 Å². The zero-order chi connectivity index (χ0) is 13.5. The van der Waals surface area contributed by atoms with E-state index in [1.807, 2.05) is 0 Å². The molecule has 0 bridgehead atoms. The van der Waals surface area contributed by atoms with Crippen LogP contribution in [0.5, 0.6) is 5.75 Å². The first-order chi connectivity index (χ1) is 9.33. The molecule has 1 atom stereocenters. The summed E-state index contributed by atoms with van der Waals surface area (Å²) in [4.78, 5) is 2.49. The van der Waals surface area contributed by atoms with Crippen molar-refractivity contribution in [1.29, 1.82) is 0 Å². The third kappa shape index (κ3) is 4.22. The lowest BCUT2D eigenvalue weighted by atomic mass is 10.2. The molecule has 1 aromatic rings. The minimum atomic E-state index is 0.570. The highest BCUT2D eigenvalue weighted by atomic mass is 16.5. The van der Waals surface area contributed by atoms with Crippen molar-refractivity contribution in [3.05, 3.63) is 29.8 Å².